The van der Waals surface area contributed by atoms with E-state index >= 15 is 0 Å². The van der Waals surface area contributed by atoms with Crippen molar-refractivity contribution in [3.63, 3.8) is 0 Å². The van der Waals surface area contributed by atoms with Gasteiger partial charge in [0.05, 0.1) is 19.0 Å². The second-order valence-corrected chi connectivity index (χ2v) is 7.32. The molecule has 0 fully saturated rings. The number of primary amides is 1. The van der Waals surface area contributed by atoms with Crippen molar-refractivity contribution in [2.45, 2.75) is 43.8 Å². The number of carboxylic acid groups (broad SMARTS) is 2. The zero-order valence-corrected chi connectivity index (χ0v) is 18.0. The summed E-state index contributed by atoms with van der Waals surface area (Å²) in [6, 6.07) is 1.84. The van der Waals surface area contributed by atoms with Gasteiger partial charge in [-0.05, 0) is 30.5 Å². The molecule has 0 bridgehead atoms. The highest BCUT2D eigenvalue weighted by Gasteiger charge is 2.28. The number of phenols is 1. The van der Waals surface area contributed by atoms with Crippen molar-refractivity contribution in [1.82, 2.24) is 16.0 Å². The van der Waals surface area contributed by atoms with Crippen LogP contribution in [-0.2, 0) is 35.2 Å². The van der Waals surface area contributed by atoms with Crippen molar-refractivity contribution in [3.05, 3.63) is 29.8 Å². The molecule has 3 atom stereocenters. The van der Waals surface area contributed by atoms with E-state index in [1.54, 1.807) is 12.1 Å². The van der Waals surface area contributed by atoms with Gasteiger partial charge in [-0.2, -0.15) is 0 Å². The van der Waals surface area contributed by atoms with Gasteiger partial charge in [0.2, 0.25) is 23.6 Å². The first kappa shape index (κ1) is 27.8. The molecule has 14 nitrogen and oxygen atoms in total. The largest absolute Gasteiger partial charge is 0.508 e. The lowest BCUT2D eigenvalue weighted by molar-refractivity contribution is -0.143. The van der Waals surface area contributed by atoms with Gasteiger partial charge in [-0.1, -0.05) is 12.1 Å². The van der Waals surface area contributed by atoms with Crippen molar-refractivity contribution in [3.8, 4) is 5.75 Å². The first-order valence-corrected chi connectivity index (χ1v) is 10.0. The molecule has 0 aliphatic rings. The van der Waals surface area contributed by atoms with E-state index in [0.29, 0.717) is 5.56 Å². The third-order valence-electron chi connectivity index (χ3n) is 4.47. The minimum absolute atomic E-state index is 0.0459. The van der Waals surface area contributed by atoms with Gasteiger partial charge < -0.3 is 42.7 Å². The lowest BCUT2D eigenvalue weighted by atomic mass is 10.1. The number of phenolic OH excluding ortho intramolecular Hbond substituents is 1. The number of rotatable bonds is 14. The molecule has 0 radical (unpaired) electrons. The molecule has 4 amide bonds. The van der Waals surface area contributed by atoms with E-state index in [4.69, 9.17) is 21.7 Å². The van der Waals surface area contributed by atoms with Crippen molar-refractivity contribution in [2.24, 2.45) is 11.5 Å². The predicted molar refractivity (Wildman–Crippen MR) is 115 cm³/mol. The van der Waals surface area contributed by atoms with E-state index in [2.05, 4.69) is 10.6 Å². The summed E-state index contributed by atoms with van der Waals surface area (Å²) >= 11 is 0. The van der Waals surface area contributed by atoms with E-state index in [1.165, 1.54) is 12.1 Å². The number of carboxylic acids is 2. The molecule has 0 saturated carbocycles. The summed E-state index contributed by atoms with van der Waals surface area (Å²) < 4.78 is 0. The van der Waals surface area contributed by atoms with Crippen LogP contribution in [-0.4, -0.2) is 75.6 Å². The summed E-state index contributed by atoms with van der Waals surface area (Å²) in [5, 5.41) is 33.6. The Bertz CT molecular complexity index is 920. The molecule has 0 aliphatic heterocycles. The van der Waals surface area contributed by atoms with Crippen molar-refractivity contribution in [1.29, 1.82) is 0 Å². The van der Waals surface area contributed by atoms with E-state index in [0.717, 1.165) is 0 Å². The standard InChI is InChI=1S/C20H27N5O9/c21-12(7-10-1-3-11(26)4-2-10)18(31)23-9-16(28)24-14(8-15(22)27)19(32)25-13(20(33)34)5-6-17(29)30/h1-4,12-14,26H,5-9,21H2,(H2,22,27)(H,23,31)(H,24,28)(H,25,32)(H,29,30)(H,33,34). The van der Waals surface area contributed by atoms with Crippen LogP contribution in [0, 0.1) is 0 Å². The zero-order valence-electron chi connectivity index (χ0n) is 18.0. The number of nitrogens with one attached hydrogen (secondary N) is 3. The van der Waals surface area contributed by atoms with Crippen LogP contribution in [0.15, 0.2) is 24.3 Å². The highest BCUT2D eigenvalue weighted by molar-refractivity contribution is 5.95. The average Bonchev–Trinajstić information content (AvgIpc) is 2.75. The summed E-state index contributed by atoms with van der Waals surface area (Å²) in [6.45, 7) is -0.605. The maximum Gasteiger partial charge on any atom is 0.326 e. The SMILES string of the molecule is NC(=O)CC(NC(=O)CNC(=O)C(N)Cc1ccc(O)cc1)C(=O)NC(CCC(=O)O)C(=O)O. The predicted octanol–water partition coefficient (Wildman–Crippen LogP) is -2.83. The molecule has 0 spiro atoms. The first-order valence-electron chi connectivity index (χ1n) is 10.0. The van der Waals surface area contributed by atoms with Crippen molar-refractivity contribution in [2.75, 3.05) is 6.54 Å². The van der Waals surface area contributed by atoms with Gasteiger partial charge in [-0.25, -0.2) is 4.79 Å². The second kappa shape index (κ2) is 13.4. The minimum atomic E-state index is -1.58. The minimum Gasteiger partial charge on any atom is -0.508 e. The number of hydrogen-bond acceptors (Lipinski definition) is 8. The smallest absolute Gasteiger partial charge is 0.326 e. The molecule has 0 saturated heterocycles. The molecule has 0 aliphatic carbocycles. The van der Waals surface area contributed by atoms with Crippen LogP contribution in [0.5, 0.6) is 5.75 Å². The van der Waals surface area contributed by atoms with Crippen LogP contribution < -0.4 is 27.4 Å². The summed E-state index contributed by atoms with van der Waals surface area (Å²) in [7, 11) is 0. The summed E-state index contributed by atoms with van der Waals surface area (Å²) in [5.74, 6) is -6.35. The molecule has 1 rings (SSSR count). The summed E-state index contributed by atoms with van der Waals surface area (Å²) in [5.41, 5.74) is 11.5. The quantitative estimate of drug-likeness (QED) is 0.135. The average molecular weight is 481 g/mol. The van der Waals surface area contributed by atoms with Gasteiger partial charge in [0.15, 0.2) is 0 Å². The van der Waals surface area contributed by atoms with Gasteiger partial charge in [0.1, 0.15) is 17.8 Å². The van der Waals surface area contributed by atoms with Crippen LogP contribution >= 0.6 is 0 Å². The van der Waals surface area contributed by atoms with Crippen LogP contribution in [0.2, 0.25) is 0 Å². The van der Waals surface area contributed by atoms with Gasteiger partial charge in [-0.3, -0.25) is 24.0 Å². The fourth-order valence-electron chi connectivity index (χ4n) is 2.73. The number of nitrogens with two attached hydrogens (primary N) is 2. The molecular formula is C20H27N5O9. The molecule has 3 unspecified atom stereocenters. The molecular weight excluding hydrogens is 454 g/mol. The van der Waals surface area contributed by atoms with E-state index in [1.807, 2.05) is 5.32 Å². The Morgan fingerprint density at radius 3 is 2.06 bits per heavy atom. The lowest BCUT2D eigenvalue weighted by Crippen LogP contribution is -2.54. The van der Waals surface area contributed by atoms with Gasteiger partial charge >= 0.3 is 11.9 Å². The molecule has 0 heterocycles. The Hall–Kier alpha value is -4.20. The molecule has 186 valence electrons. The fraction of sp³-hybridized carbons (Fsp3) is 0.400. The zero-order chi connectivity index (χ0) is 25.8. The molecule has 14 heteroatoms. The molecule has 0 aromatic heterocycles. The normalized spacial score (nSPS) is 13.1. The van der Waals surface area contributed by atoms with Gasteiger partial charge in [0.25, 0.3) is 0 Å². The molecule has 1 aromatic carbocycles. The number of amides is 4. The monoisotopic (exact) mass is 481 g/mol. The summed E-state index contributed by atoms with van der Waals surface area (Å²) in [4.78, 5) is 69.9. The molecule has 34 heavy (non-hydrogen) atoms. The van der Waals surface area contributed by atoms with E-state index in [-0.39, 0.29) is 12.2 Å². The number of carbonyl (C=O) groups excluding carboxylic acids is 4. The first-order chi connectivity index (χ1) is 15.9. The van der Waals surface area contributed by atoms with Gasteiger partial charge in [-0.15, -0.1) is 0 Å². The highest BCUT2D eigenvalue weighted by Crippen LogP contribution is 2.10. The third-order valence-corrected chi connectivity index (χ3v) is 4.47. The van der Waals surface area contributed by atoms with E-state index < -0.39 is 79.5 Å². The van der Waals surface area contributed by atoms with E-state index in [9.17, 15) is 33.9 Å². The van der Waals surface area contributed by atoms with Crippen LogP contribution in [0.1, 0.15) is 24.8 Å². The Morgan fingerprint density at radius 1 is 0.912 bits per heavy atom. The Kier molecular flexibility index (Phi) is 10.9. The van der Waals surface area contributed by atoms with Crippen LogP contribution in [0.4, 0.5) is 0 Å². The number of aromatic hydroxyl groups is 1. The maximum absolute atomic E-state index is 12.4. The van der Waals surface area contributed by atoms with Crippen molar-refractivity contribution < 1.29 is 44.1 Å². The van der Waals surface area contributed by atoms with Crippen LogP contribution in [0.25, 0.3) is 0 Å². The molecule has 1 aromatic rings. The number of hydrogen-bond donors (Lipinski definition) is 8. The third kappa shape index (κ3) is 10.4. The van der Waals surface area contributed by atoms with Crippen LogP contribution in [0.3, 0.4) is 0 Å². The Balaban J connectivity index is 2.66. The Morgan fingerprint density at radius 2 is 1.53 bits per heavy atom. The number of carbonyl (C=O) groups is 6. The topological polar surface area (TPSA) is 251 Å². The second-order valence-electron chi connectivity index (χ2n) is 7.32. The fourth-order valence-corrected chi connectivity index (χ4v) is 2.73. The highest BCUT2D eigenvalue weighted by atomic mass is 16.4. The Labute approximate surface area is 193 Å². The lowest BCUT2D eigenvalue weighted by Gasteiger charge is -2.20. The number of benzene rings is 1. The van der Waals surface area contributed by atoms with Gasteiger partial charge in [0, 0.05) is 6.42 Å². The summed E-state index contributed by atoms with van der Waals surface area (Å²) in [6.07, 6.45) is -1.52. The molecule has 10 N–H and O–H groups in total. The number of aliphatic carboxylic acids is 2. The van der Waals surface area contributed by atoms with Crippen molar-refractivity contribution >= 4 is 35.6 Å². The maximum atomic E-state index is 12.4.